The maximum absolute atomic E-state index is 12.7. The molecule has 1 aromatic heterocycles. The van der Waals surface area contributed by atoms with Crippen LogP contribution in [-0.2, 0) is 16.1 Å². The summed E-state index contributed by atoms with van der Waals surface area (Å²) in [6.45, 7) is 6.20. The first kappa shape index (κ1) is 21.2. The standard InChI is InChI=1S/C24H23N3O2S/c1-3-16-26(17-20-10-6-4-7-11-20)23(29)15-14-21-18-30-24(25-21)27(19(2)28)22-12-8-5-9-13-22/h3-15,18H,1,16-17H2,2H3/b15-14+. The largest absolute Gasteiger partial charge is 0.331 e. The van der Waals surface area contributed by atoms with Crippen molar-refractivity contribution in [1.82, 2.24) is 9.88 Å². The van der Waals surface area contributed by atoms with Gasteiger partial charge in [-0.1, -0.05) is 54.6 Å². The van der Waals surface area contributed by atoms with Crippen molar-refractivity contribution in [2.24, 2.45) is 0 Å². The molecule has 0 spiro atoms. The van der Waals surface area contributed by atoms with Crippen LogP contribution >= 0.6 is 11.3 Å². The number of thiazole rings is 1. The fraction of sp³-hybridized carbons (Fsp3) is 0.125. The highest BCUT2D eigenvalue weighted by molar-refractivity contribution is 7.14. The Morgan fingerprint density at radius 2 is 1.73 bits per heavy atom. The van der Waals surface area contributed by atoms with Crippen LogP contribution in [0.3, 0.4) is 0 Å². The molecule has 0 atom stereocenters. The lowest BCUT2D eigenvalue weighted by Gasteiger charge is -2.19. The number of rotatable bonds is 8. The van der Waals surface area contributed by atoms with Crippen molar-refractivity contribution in [3.05, 3.63) is 96.0 Å². The van der Waals surface area contributed by atoms with Crippen molar-refractivity contribution in [2.75, 3.05) is 11.4 Å². The second-order valence-corrected chi connectivity index (χ2v) is 7.41. The zero-order valence-electron chi connectivity index (χ0n) is 16.8. The third kappa shape index (κ3) is 5.52. The first-order valence-corrected chi connectivity index (χ1v) is 10.4. The fourth-order valence-corrected chi connectivity index (χ4v) is 3.77. The Morgan fingerprint density at radius 3 is 2.37 bits per heavy atom. The average molecular weight is 418 g/mol. The molecular weight excluding hydrogens is 394 g/mol. The van der Waals surface area contributed by atoms with Crippen molar-refractivity contribution in [3.63, 3.8) is 0 Å². The van der Waals surface area contributed by atoms with Crippen LogP contribution in [0.15, 0.2) is 84.8 Å². The summed E-state index contributed by atoms with van der Waals surface area (Å²) in [6, 6.07) is 19.2. The number of nitrogens with zero attached hydrogens (tertiary/aromatic N) is 3. The van der Waals surface area contributed by atoms with Gasteiger partial charge >= 0.3 is 0 Å². The lowest BCUT2D eigenvalue weighted by Crippen LogP contribution is -2.29. The summed E-state index contributed by atoms with van der Waals surface area (Å²) in [5.41, 5.74) is 2.44. The molecule has 0 saturated heterocycles. The molecule has 0 fully saturated rings. The molecule has 0 radical (unpaired) electrons. The molecule has 2 aromatic carbocycles. The van der Waals surface area contributed by atoms with E-state index in [1.807, 2.05) is 66.0 Å². The highest BCUT2D eigenvalue weighted by Crippen LogP contribution is 2.29. The van der Waals surface area contributed by atoms with E-state index in [2.05, 4.69) is 11.6 Å². The van der Waals surface area contributed by atoms with E-state index < -0.39 is 0 Å². The number of amides is 2. The van der Waals surface area contributed by atoms with Crippen LogP contribution in [0.5, 0.6) is 0 Å². The van der Waals surface area contributed by atoms with Gasteiger partial charge in [0.25, 0.3) is 0 Å². The van der Waals surface area contributed by atoms with E-state index in [0.717, 1.165) is 11.3 Å². The zero-order chi connectivity index (χ0) is 21.3. The summed E-state index contributed by atoms with van der Waals surface area (Å²) in [4.78, 5) is 32.6. The number of para-hydroxylation sites is 1. The molecular formula is C24H23N3O2S. The molecule has 0 N–H and O–H groups in total. The summed E-state index contributed by atoms with van der Waals surface area (Å²) >= 11 is 1.36. The normalized spacial score (nSPS) is 10.7. The molecule has 3 aromatic rings. The van der Waals surface area contributed by atoms with Gasteiger partial charge < -0.3 is 4.90 Å². The monoisotopic (exact) mass is 417 g/mol. The SMILES string of the molecule is C=CCN(Cc1ccccc1)C(=O)/C=C/c1csc(N(C(C)=O)c2ccccc2)n1. The summed E-state index contributed by atoms with van der Waals surface area (Å²) in [7, 11) is 0. The van der Waals surface area contributed by atoms with Gasteiger partial charge in [0, 0.05) is 31.5 Å². The van der Waals surface area contributed by atoms with E-state index in [4.69, 9.17) is 0 Å². The Kier molecular flexibility index (Phi) is 7.29. The van der Waals surface area contributed by atoms with E-state index in [-0.39, 0.29) is 11.8 Å². The minimum absolute atomic E-state index is 0.123. The molecule has 2 amide bonds. The van der Waals surface area contributed by atoms with Gasteiger partial charge in [-0.05, 0) is 23.8 Å². The van der Waals surface area contributed by atoms with E-state index in [1.165, 1.54) is 24.3 Å². The predicted molar refractivity (Wildman–Crippen MR) is 122 cm³/mol. The van der Waals surface area contributed by atoms with Crippen LogP contribution in [0.25, 0.3) is 6.08 Å². The van der Waals surface area contributed by atoms with Crippen molar-refractivity contribution in [1.29, 1.82) is 0 Å². The lowest BCUT2D eigenvalue weighted by molar-refractivity contribution is -0.126. The van der Waals surface area contributed by atoms with Gasteiger partial charge in [0.2, 0.25) is 11.8 Å². The van der Waals surface area contributed by atoms with Crippen LogP contribution in [-0.4, -0.2) is 28.2 Å². The Labute approximate surface area is 180 Å². The van der Waals surface area contributed by atoms with Gasteiger partial charge in [0.1, 0.15) is 0 Å². The quantitative estimate of drug-likeness (QED) is 0.380. The molecule has 0 aliphatic carbocycles. The highest BCUT2D eigenvalue weighted by atomic mass is 32.1. The van der Waals surface area contributed by atoms with Gasteiger partial charge in [-0.3, -0.25) is 14.5 Å². The van der Waals surface area contributed by atoms with Gasteiger partial charge in [0.15, 0.2) is 5.13 Å². The van der Waals surface area contributed by atoms with Crippen LogP contribution in [0.4, 0.5) is 10.8 Å². The first-order chi connectivity index (χ1) is 14.6. The van der Waals surface area contributed by atoms with Crippen molar-refractivity contribution in [3.8, 4) is 0 Å². The Hall–Kier alpha value is -3.51. The number of carbonyl (C=O) groups is 2. The molecule has 0 unspecified atom stereocenters. The van der Waals surface area contributed by atoms with Gasteiger partial charge in [0.05, 0.1) is 11.4 Å². The Balaban J connectivity index is 1.74. The zero-order valence-corrected chi connectivity index (χ0v) is 17.6. The van der Waals surface area contributed by atoms with Gasteiger partial charge in [-0.2, -0.15) is 0 Å². The number of hydrogen-bond donors (Lipinski definition) is 0. The lowest BCUT2D eigenvalue weighted by atomic mass is 10.2. The number of carbonyl (C=O) groups excluding carboxylic acids is 2. The van der Waals surface area contributed by atoms with Crippen LogP contribution < -0.4 is 4.90 Å². The maximum atomic E-state index is 12.7. The third-order valence-corrected chi connectivity index (χ3v) is 5.15. The molecule has 0 aliphatic rings. The topological polar surface area (TPSA) is 53.5 Å². The van der Waals surface area contributed by atoms with Crippen LogP contribution in [0.2, 0.25) is 0 Å². The molecule has 0 aliphatic heterocycles. The van der Waals surface area contributed by atoms with E-state index >= 15 is 0 Å². The number of hydrogen-bond acceptors (Lipinski definition) is 4. The number of anilines is 2. The Morgan fingerprint density at radius 1 is 1.07 bits per heavy atom. The van der Waals surface area contributed by atoms with E-state index in [0.29, 0.717) is 23.9 Å². The minimum atomic E-state index is -0.125. The molecule has 6 heteroatoms. The van der Waals surface area contributed by atoms with Crippen molar-refractivity contribution in [2.45, 2.75) is 13.5 Å². The number of aromatic nitrogens is 1. The smallest absolute Gasteiger partial charge is 0.247 e. The molecule has 3 rings (SSSR count). The van der Waals surface area contributed by atoms with E-state index in [9.17, 15) is 9.59 Å². The second kappa shape index (κ2) is 10.3. The summed E-state index contributed by atoms with van der Waals surface area (Å²) in [5, 5.41) is 2.39. The third-order valence-electron chi connectivity index (χ3n) is 4.30. The van der Waals surface area contributed by atoms with Gasteiger partial charge in [-0.15, -0.1) is 17.9 Å². The maximum Gasteiger partial charge on any atom is 0.247 e. The van der Waals surface area contributed by atoms with Gasteiger partial charge in [-0.25, -0.2) is 4.98 Å². The van der Waals surface area contributed by atoms with Crippen molar-refractivity contribution >= 4 is 40.0 Å². The van der Waals surface area contributed by atoms with Crippen LogP contribution in [0.1, 0.15) is 18.2 Å². The van der Waals surface area contributed by atoms with E-state index in [1.54, 1.807) is 22.0 Å². The first-order valence-electron chi connectivity index (χ1n) is 9.51. The summed E-state index contributed by atoms with van der Waals surface area (Å²) in [6.07, 6.45) is 4.89. The second-order valence-electron chi connectivity index (χ2n) is 6.57. The molecule has 0 bridgehead atoms. The average Bonchev–Trinajstić information content (AvgIpc) is 3.21. The summed E-state index contributed by atoms with van der Waals surface area (Å²) < 4.78 is 0. The molecule has 5 nitrogen and oxygen atoms in total. The fourth-order valence-electron chi connectivity index (χ4n) is 2.91. The molecule has 1 heterocycles. The molecule has 0 saturated carbocycles. The summed E-state index contributed by atoms with van der Waals surface area (Å²) in [5.74, 6) is -0.248. The number of benzene rings is 2. The molecule has 30 heavy (non-hydrogen) atoms. The van der Waals surface area contributed by atoms with Crippen LogP contribution in [0, 0.1) is 0 Å². The predicted octanol–water partition coefficient (Wildman–Crippen LogP) is 5.06. The van der Waals surface area contributed by atoms with Crippen molar-refractivity contribution < 1.29 is 9.59 Å². The minimum Gasteiger partial charge on any atom is -0.331 e. The highest BCUT2D eigenvalue weighted by Gasteiger charge is 2.17. The Bertz CT molecular complexity index is 1030. The molecule has 152 valence electrons.